The van der Waals surface area contributed by atoms with Gasteiger partial charge in [-0.2, -0.15) is 0 Å². The third-order valence-electron chi connectivity index (χ3n) is 3.68. The number of ether oxygens (including phenoxy) is 3. The molecule has 2 rings (SSSR count). The molecule has 0 heterocycles. The molecule has 0 fully saturated rings. The van der Waals surface area contributed by atoms with Crippen LogP contribution in [0.5, 0.6) is 11.5 Å². The van der Waals surface area contributed by atoms with Crippen molar-refractivity contribution >= 4 is 17.6 Å². The molecule has 25 heavy (non-hydrogen) atoms. The van der Waals surface area contributed by atoms with E-state index in [9.17, 15) is 9.59 Å². The van der Waals surface area contributed by atoms with Crippen LogP contribution in [0, 0.1) is 6.92 Å². The summed E-state index contributed by atoms with van der Waals surface area (Å²) >= 11 is 0. The lowest BCUT2D eigenvalue weighted by molar-refractivity contribution is -0.123. The Morgan fingerprint density at radius 2 is 1.68 bits per heavy atom. The molecule has 1 N–H and O–H groups in total. The molecule has 0 unspecified atom stereocenters. The largest absolute Gasteiger partial charge is 0.493 e. The Morgan fingerprint density at radius 1 is 1.00 bits per heavy atom. The van der Waals surface area contributed by atoms with Crippen LogP contribution in [-0.4, -0.2) is 32.2 Å². The maximum atomic E-state index is 12.2. The second-order valence-electron chi connectivity index (χ2n) is 5.42. The number of methoxy groups -OCH3 is 2. The van der Waals surface area contributed by atoms with Crippen molar-refractivity contribution in [2.75, 3.05) is 19.5 Å². The minimum absolute atomic E-state index is 0.271. The number of hydrogen-bond acceptors (Lipinski definition) is 5. The summed E-state index contributed by atoms with van der Waals surface area (Å²) in [6.07, 6.45) is -0.944. The van der Waals surface area contributed by atoms with E-state index in [-0.39, 0.29) is 5.56 Å². The highest BCUT2D eigenvalue weighted by atomic mass is 16.5. The molecule has 1 atom stereocenters. The van der Waals surface area contributed by atoms with Crippen LogP contribution in [-0.2, 0) is 9.53 Å². The minimum atomic E-state index is -0.944. The molecular formula is C19H21NO5. The fourth-order valence-corrected chi connectivity index (χ4v) is 2.19. The number of aryl methyl sites for hydroxylation is 1. The fraction of sp³-hybridized carbons (Fsp3) is 0.263. The van der Waals surface area contributed by atoms with Crippen LogP contribution in [0.15, 0.2) is 42.5 Å². The molecule has 0 radical (unpaired) electrons. The van der Waals surface area contributed by atoms with Gasteiger partial charge in [0.05, 0.1) is 19.8 Å². The maximum Gasteiger partial charge on any atom is 0.339 e. The second kappa shape index (κ2) is 8.19. The Labute approximate surface area is 146 Å². The quantitative estimate of drug-likeness (QED) is 0.816. The number of carbonyl (C=O) groups is 2. The Balaban J connectivity index is 2.04. The predicted octanol–water partition coefficient (Wildman–Crippen LogP) is 3.20. The average molecular weight is 343 g/mol. The van der Waals surface area contributed by atoms with Crippen LogP contribution < -0.4 is 14.8 Å². The van der Waals surface area contributed by atoms with E-state index >= 15 is 0 Å². The number of rotatable bonds is 6. The number of hydrogen-bond donors (Lipinski definition) is 1. The van der Waals surface area contributed by atoms with E-state index in [1.165, 1.54) is 27.2 Å². The van der Waals surface area contributed by atoms with Crippen molar-refractivity contribution in [3.63, 3.8) is 0 Å². The van der Waals surface area contributed by atoms with Crippen molar-refractivity contribution < 1.29 is 23.8 Å². The Morgan fingerprint density at radius 3 is 2.32 bits per heavy atom. The van der Waals surface area contributed by atoms with E-state index in [0.29, 0.717) is 17.2 Å². The van der Waals surface area contributed by atoms with Crippen molar-refractivity contribution in [1.29, 1.82) is 0 Å². The number of esters is 1. The summed E-state index contributed by atoms with van der Waals surface area (Å²) in [6.45, 7) is 3.40. The lowest BCUT2D eigenvalue weighted by Crippen LogP contribution is -2.30. The molecule has 6 nitrogen and oxygen atoms in total. The lowest BCUT2D eigenvalue weighted by atomic mass is 10.2. The van der Waals surface area contributed by atoms with E-state index in [0.717, 1.165) is 5.56 Å². The number of amides is 1. The van der Waals surface area contributed by atoms with Crippen molar-refractivity contribution in [3.8, 4) is 11.5 Å². The zero-order valence-electron chi connectivity index (χ0n) is 14.7. The van der Waals surface area contributed by atoms with Gasteiger partial charge in [0.1, 0.15) is 0 Å². The highest BCUT2D eigenvalue weighted by Crippen LogP contribution is 2.28. The van der Waals surface area contributed by atoms with E-state index < -0.39 is 18.0 Å². The van der Waals surface area contributed by atoms with Crippen molar-refractivity contribution in [2.24, 2.45) is 0 Å². The lowest BCUT2D eigenvalue weighted by Gasteiger charge is -2.15. The van der Waals surface area contributed by atoms with Crippen molar-refractivity contribution in [2.45, 2.75) is 20.0 Å². The standard InChI is InChI=1S/C19H21NO5/c1-12-7-5-6-8-15(12)20-18(21)13(2)25-19(22)14-9-10-16(23-3)17(11-14)24-4/h5-11,13H,1-4H3,(H,20,21)/t13-/m0/s1. The molecular weight excluding hydrogens is 322 g/mol. The van der Waals surface area contributed by atoms with Gasteiger partial charge in [0.15, 0.2) is 17.6 Å². The minimum Gasteiger partial charge on any atom is -0.493 e. The topological polar surface area (TPSA) is 73.9 Å². The SMILES string of the molecule is COc1ccc(C(=O)O[C@@H](C)C(=O)Nc2ccccc2C)cc1OC. The van der Waals surface area contributed by atoms with Gasteiger partial charge < -0.3 is 19.5 Å². The summed E-state index contributed by atoms with van der Waals surface area (Å²) in [4.78, 5) is 24.5. The molecule has 0 aromatic heterocycles. The molecule has 0 aliphatic carbocycles. The van der Waals surface area contributed by atoms with Gasteiger partial charge in [0.2, 0.25) is 0 Å². The Bertz CT molecular complexity index is 772. The van der Waals surface area contributed by atoms with Gasteiger partial charge >= 0.3 is 5.97 Å². The Kier molecular flexibility index (Phi) is 6.00. The highest BCUT2D eigenvalue weighted by molar-refractivity contribution is 5.97. The van der Waals surface area contributed by atoms with Crippen molar-refractivity contribution in [1.82, 2.24) is 0 Å². The summed E-state index contributed by atoms with van der Waals surface area (Å²) in [5.41, 5.74) is 1.88. The normalized spacial score (nSPS) is 11.4. The fourth-order valence-electron chi connectivity index (χ4n) is 2.19. The number of carbonyl (C=O) groups excluding carboxylic acids is 2. The molecule has 0 saturated carbocycles. The van der Waals surface area contributed by atoms with E-state index in [4.69, 9.17) is 14.2 Å². The van der Waals surface area contributed by atoms with Gasteiger partial charge in [-0.3, -0.25) is 4.79 Å². The molecule has 0 spiro atoms. The summed E-state index contributed by atoms with van der Waals surface area (Å²) in [5, 5.41) is 2.75. The second-order valence-corrected chi connectivity index (χ2v) is 5.42. The Hall–Kier alpha value is -3.02. The smallest absolute Gasteiger partial charge is 0.339 e. The van der Waals surface area contributed by atoms with Crippen LogP contribution in [0.3, 0.4) is 0 Å². The first kappa shape index (κ1) is 18.3. The van der Waals surface area contributed by atoms with Crippen LogP contribution in [0.2, 0.25) is 0 Å². The zero-order chi connectivity index (χ0) is 18.4. The van der Waals surface area contributed by atoms with Gasteiger partial charge in [-0.05, 0) is 43.7 Å². The van der Waals surface area contributed by atoms with Gasteiger partial charge in [-0.1, -0.05) is 18.2 Å². The summed E-state index contributed by atoms with van der Waals surface area (Å²) < 4.78 is 15.5. The van der Waals surface area contributed by atoms with E-state index in [1.807, 2.05) is 25.1 Å². The first-order valence-corrected chi connectivity index (χ1v) is 7.75. The monoisotopic (exact) mass is 343 g/mol. The first-order chi connectivity index (χ1) is 12.0. The van der Waals surface area contributed by atoms with Crippen LogP contribution >= 0.6 is 0 Å². The molecule has 2 aromatic carbocycles. The average Bonchev–Trinajstić information content (AvgIpc) is 2.62. The number of nitrogens with one attached hydrogen (secondary N) is 1. The molecule has 0 aliphatic rings. The third kappa shape index (κ3) is 4.50. The summed E-state index contributed by atoms with van der Waals surface area (Å²) in [7, 11) is 2.99. The van der Waals surface area contributed by atoms with Crippen LogP contribution in [0.25, 0.3) is 0 Å². The van der Waals surface area contributed by atoms with E-state index in [1.54, 1.807) is 18.2 Å². The predicted molar refractivity (Wildman–Crippen MR) is 94.2 cm³/mol. The number of anilines is 1. The molecule has 0 bridgehead atoms. The maximum absolute atomic E-state index is 12.2. The molecule has 1 amide bonds. The van der Waals surface area contributed by atoms with Crippen molar-refractivity contribution in [3.05, 3.63) is 53.6 Å². The van der Waals surface area contributed by atoms with Gasteiger partial charge in [0.25, 0.3) is 5.91 Å². The third-order valence-corrected chi connectivity index (χ3v) is 3.68. The summed E-state index contributed by atoms with van der Waals surface area (Å²) in [5.74, 6) is -0.102. The number of benzene rings is 2. The van der Waals surface area contributed by atoms with Gasteiger partial charge in [0, 0.05) is 5.69 Å². The van der Waals surface area contributed by atoms with Crippen LogP contribution in [0.4, 0.5) is 5.69 Å². The molecule has 132 valence electrons. The zero-order valence-corrected chi connectivity index (χ0v) is 14.7. The molecule has 0 saturated heterocycles. The van der Waals surface area contributed by atoms with E-state index in [2.05, 4.69) is 5.32 Å². The number of para-hydroxylation sites is 1. The highest BCUT2D eigenvalue weighted by Gasteiger charge is 2.20. The molecule has 0 aliphatic heterocycles. The van der Waals surface area contributed by atoms with Gasteiger partial charge in [-0.25, -0.2) is 4.79 Å². The van der Waals surface area contributed by atoms with Gasteiger partial charge in [-0.15, -0.1) is 0 Å². The molecule has 2 aromatic rings. The van der Waals surface area contributed by atoms with Crippen LogP contribution in [0.1, 0.15) is 22.8 Å². The summed E-state index contributed by atoms with van der Waals surface area (Å²) in [6, 6.07) is 12.0. The molecule has 6 heteroatoms. The first-order valence-electron chi connectivity index (χ1n) is 7.75.